The highest BCUT2D eigenvalue weighted by Gasteiger charge is 2.57. The molecule has 0 amide bonds. The molecule has 1 saturated heterocycles. The van der Waals surface area contributed by atoms with E-state index in [-0.39, 0.29) is 6.61 Å². The molecule has 1 aromatic rings. The molecule has 1 aliphatic rings. The maximum Gasteiger partial charge on any atom is 0.330 e. The fourth-order valence-corrected chi connectivity index (χ4v) is 2.80. The SMILES string of the molecule is CC(=O)OCC1(C)C(CO)OC(n2ccc(=O)[nH]c2=O)C1OC(C)=O. The fourth-order valence-electron chi connectivity index (χ4n) is 2.80. The van der Waals surface area contributed by atoms with Crippen LogP contribution in [0, 0.1) is 5.41 Å². The number of H-pyrrole nitrogens is 1. The minimum absolute atomic E-state index is 0.194. The van der Waals surface area contributed by atoms with Gasteiger partial charge in [0.1, 0.15) is 6.61 Å². The lowest BCUT2D eigenvalue weighted by atomic mass is 9.81. The molecule has 0 aromatic carbocycles. The molecular formula is C15H20N2O8. The highest BCUT2D eigenvalue weighted by molar-refractivity contribution is 5.66. The predicted molar refractivity (Wildman–Crippen MR) is 82.6 cm³/mol. The van der Waals surface area contributed by atoms with Gasteiger partial charge in [0, 0.05) is 26.1 Å². The van der Waals surface area contributed by atoms with E-state index in [1.54, 1.807) is 6.92 Å². The summed E-state index contributed by atoms with van der Waals surface area (Å²) >= 11 is 0. The Morgan fingerprint density at radius 1 is 1.36 bits per heavy atom. The molecule has 1 fully saturated rings. The van der Waals surface area contributed by atoms with Crippen molar-refractivity contribution in [1.82, 2.24) is 9.55 Å². The fraction of sp³-hybridized carbons (Fsp3) is 0.600. The Morgan fingerprint density at radius 3 is 2.56 bits per heavy atom. The summed E-state index contributed by atoms with van der Waals surface area (Å²) in [6.07, 6.45) is -1.81. The van der Waals surface area contributed by atoms with Gasteiger partial charge in [0.15, 0.2) is 12.3 Å². The molecule has 0 radical (unpaired) electrons. The van der Waals surface area contributed by atoms with Gasteiger partial charge in [-0.05, 0) is 6.92 Å². The molecule has 0 saturated carbocycles. The van der Waals surface area contributed by atoms with Gasteiger partial charge in [-0.1, -0.05) is 0 Å². The molecule has 1 aromatic heterocycles. The van der Waals surface area contributed by atoms with Gasteiger partial charge in [0.05, 0.1) is 18.1 Å². The monoisotopic (exact) mass is 356 g/mol. The number of aromatic amines is 1. The summed E-state index contributed by atoms with van der Waals surface area (Å²) in [6, 6.07) is 1.12. The van der Waals surface area contributed by atoms with Crippen LogP contribution in [0.3, 0.4) is 0 Å². The van der Waals surface area contributed by atoms with Crippen LogP contribution in [0.2, 0.25) is 0 Å². The van der Waals surface area contributed by atoms with Crippen molar-refractivity contribution in [3.63, 3.8) is 0 Å². The maximum absolute atomic E-state index is 12.1. The van der Waals surface area contributed by atoms with Gasteiger partial charge in [-0.15, -0.1) is 0 Å². The molecule has 4 unspecified atom stereocenters. The Bertz CT molecular complexity index is 769. The number of nitrogens with zero attached hydrogens (tertiary/aromatic N) is 1. The number of aliphatic hydroxyl groups is 1. The van der Waals surface area contributed by atoms with Crippen LogP contribution in [0.5, 0.6) is 0 Å². The average molecular weight is 356 g/mol. The molecule has 10 heteroatoms. The number of esters is 2. The van der Waals surface area contributed by atoms with Gasteiger partial charge >= 0.3 is 17.6 Å². The molecular weight excluding hydrogens is 336 g/mol. The molecule has 1 aliphatic heterocycles. The lowest BCUT2D eigenvalue weighted by molar-refractivity contribution is -0.161. The van der Waals surface area contributed by atoms with Crippen LogP contribution in [-0.2, 0) is 23.8 Å². The first-order valence-corrected chi connectivity index (χ1v) is 7.57. The Labute approximate surface area is 142 Å². The number of aromatic nitrogens is 2. The molecule has 0 spiro atoms. The maximum atomic E-state index is 12.1. The number of ether oxygens (including phenoxy) is 3. The van der Waals surface area contributed by atoms with E-state index in [1.807, 2.05) is 0 Å². The standard InChI is InChI=1S/C15H20N2O8/c1-8(19)23-7-15(3)10(6-18)25-13(12(15)24-9(2)20)17-5-4-11(21)16-14(17)22/h4-5,10,12-13,18H,6-7H2,1-3H3,(H,16,21,22). The van der Waals surface area contributed by atoms with E-state index in [1.165, 1.54) is 20.0 Å². The van der Waals surface area contributed by atoms with E-state index in [0.717, 1.165) is 10.6 Å². The van der Waals surface area contributed by atoms with E-state index in [0.29, 0.717) is 0 Å². The summed E-state index contributed by atoms with van der Waals surface area (Å²) in [6.45, 7) is 3.37. The molecule has 0 aliphatic carbocycles. The topological polar surface area (TPSA) is 137 Å². The molecule has 2 heterocycles. The normalized spacial score (nSPS) is 28.6. The van der Waals surface area contributed by atoms with E-state index in [9.17, 15) is 24.3 Å². The van der Waals surface area contributed by atoms with Crippen molar-refractivity contribution >= 4 is 11.9 Å². The third kappa shape index (κ3) is 3.80. The van der Waals surface area contributed by atoms with Gasteiger partial charge in [0.25, 0.3) is 5.56 Å². The van der Waals surface area contributed by atoms with E-state index >= 15 is 0 Å². The molecule has 2 rings (SSSR count). The van der Waals surface area contributed by atoms with Crippen LogP contribution < -0.4 is 11.2 Å². The van der Waals surface area contributed by atoms with Crippen molar-refractivity contribution in [2.24, 2.45) is 5.41 Å². The quantitative estimate of drug-likeness (QED) is 0.636. The third-order valence-corrected chi connectivity index (χ3v) is 4.12. The minimum atomic E-state index is -1.11. The third-order valence-electron chi connectivity index (χ3n) is 4.12. The van der Waals surface area contributed by atoms with Crippen LogP contribution in [0.25, 0.3) is 0 Å². The Kier molecular flexibility index (Phi) is 5.43. The van der Waals surface area contributed by atoms with Crippen LogP contribution in [0.1, 0.15) is 27.0 Å². The van der Waals surface area contributed by atoms with Gasteiger partial charge in [-0.3, -0.25) is 23.9 Å². The average Bonchev–Trinajstić information content (AvgIpc) is 2.78. The van der Waals surface area contributed by atoms with Gasteiger partial charge in [-0.25, -0.2) is 4.79 Å². The molecule has 138 valence electrons. The molecule has 2 N–H and O–H groups in total. The summed E-state index contributed by atoms with van der Waals surface area (Å²) < 4.78 is 17.1. The summed E-state index contributed by atoms with van der Waals surface area (Å²) in [5.41, 5.74) is -2.46. The lowest BCUT2D eigenvalue weighted by Crippen LogP contribution is -2.46. The molecule has 4 atom stereocenters. The van der Waals surface area contributed by atoms with Gasteiger partial charge < -0.3 is 19.3 Å². The number of hydrogen-bond donors (Lipinski definition) is 2. The Balaban J connectivity index is 2.48. The van der Waals surface area contributed by atoms with Crippen molar-refractivity contribution in [1.29, 1.82) is 0 Å². The Morgan fingerprint density at radius 2 is 2.04 bits per heavy atom. The van der Waals surface area contributed by atoms with Crippen molar-refractivity contribution in [3.05, 3.63) is 33.1 Å². The highest BCUT2D eigenvalue weighted by Crippen LogP contribution is 2.45. The van der Waals surface area contributed by atoms with E-state index < -0.39 is 53.6 Å². The number of carbonyl (C=O) groups excluding carboxylic acids is 2. The van der Waals surface area contributed by atoms with Crippen molar-refractivity contribution in [3.8, 4) is 0 Å². The summed E-state index contributed by atoms with van der Waals surface area (Å²) in [7, 11) is 0. The zero-order valence-corrected chi connectivity index (χ0v) is 14.1. The first kappa shape index (κ1) is 18.9. The Hall–Kier alpha value is -2.46. The molecule has 0 bridgehead atoms. The van der Waals surface area contributed by atoms with Crippen molar-refractivity contribution < 1.29 is 28.9 Å². The summed E-state index contributed by atoms with van der Waals surface area (Å²) in [5, 5.41) is 9.65. The predicted octanol–water partition coefficient (Wildman–Crippen LogP) is -1.07. The number of nitrogens with one attached hydrogen (secondary N) is 1. The van der Waals surface area contributed by atoms with E-state index in [2.05, 4.69) is 4.98 Å². The first-order valence-electron chi connectivity index (χ1n) is 7.57. The first-order chi connectivity index (χ1) is 11.7. The van der Waals surface area contributed by atoms with Crippen LogP contribution in [-0.4, -0.2) is 52.0 Å². The minimum Gasteiger partial charge on any atom is -0.465 e. The van der Waals surface area contributed by atoms with E-state index in [4.69, 9.17) is 14.2 Å². The number of carbonyl (C=O) groups is 2. The number of rotatable bonds is 5. The second-order valence-corrected chi connectivity index (χ2v) is 6.03. The number of hydrogen-bond acceptors (Lipinski definition) is 8. The molecule has 25 heavy (non-hydrogen) atoms. The zero-order valence-electron chi connectivity index (χ0n) is 14.1. The van der Waals surface area contributed by atoms with Gasteiger partial charge in [-0.2, -0.15) is 0 Å². The lowest BCUT2D eigenvalue weighted by Gasteiger charge is -2.33. The zero-order chi connectivity index (χ0) is 18.8. The van der Waals surface area contributed by atoms with Crippen LogP contribution in [0.4, 0.5) is 0 Å². The largest absolute Gasteiger partial charge is 0.465 e. The van der Waals surface area contributed by atoms with Crippen LogP contribution in [0.15, 0.2) is 21.9 Å². The van der Waals surface area contributed by atoms with Gasteiger partial charge in [0.2, 0.25) is 0 Å². The van der Waals surface area contributed by atoms with Crippen molar-refractivity contribution in [2.45, 2.75) is 39.2 Å². The van der Waals surface area contributed by atoms with Crippen molar-refractivity contribution in [2.75, 3.05) is 13.2 Å². The van der Waals surface area contributed by atoms with Crippen LogP contribution >= 0.6 is 0 Å². The second kappa shape index (κ2) is 7.19. The smallest absolute Gasteiger partial charge is 0.330 e. The molecule has 10 nitrogen and oxygen atoms in total. The number of aliphatic hydroxyl groups excluding tert-OH is 1. The second-order valence-electron chi connectivity index (χ2n) is 6.03. The highest BCUT2D eigenvalue weighted by atomic mass is 16.6. The summed E-state index contributed by atoms with van der Waals surface area (Å²) in [4.78, 5) is 48.1. The summed E-state index contributed by atoms with van der Waals surface area (Å²) in [5.74, 6) is -1.19.